The molecule has 0 aromatic carbocycles. The summed E-state index contributed by atoms with van der Waals surface area (Å²) >= 11 is 1.37. The molecule has 5 heteroatoms. The largest absolute Gasteiger partial charge is 0.384 e. The Bertz CT molecular complexity index is 534. The van der Waals surface area contributed by atoms with Gasteiger partial charge in [-0.1, -0.05) is 11.8 Å². The SMILES string of the molecule is CCN(CC(C)C#N)C(=O)c1csc(C#CCO)c1. The van der Waals surface area contributed by atoms with Crippen molar-refractivity contribution in [2.75, 3.05) is 19.7 Å². The average Bonchev–Trinajstić information content (AvgIpc) is 2.90. The van der Waals surface area contributed by atoms with Crippen LogP contribution in [0, 0.1) is 29.1 Å². The van der Waals surface area contributed by atoms with Gasteiger partial charge in [0.15, 0.2) is 0 Å². The Kier molecular flexibility index (Phi) is 6.08. The van der Waals surface area contributed by atoms with E-state index in [1.807, 2.05) is 6.92 Å². The van der Waals surface area contributed by atoms with Crippen LogP contribution in [0.4, 0.5) is 0 Å². The van der Waals surface area contributed by atoms with Gasteiger partial charge in [-0.05, 0) is 19.9 Å². The first kappa shape index (κ1) is 15.2. The van der Waals surface area contributed by atoms with Crippen LogP contribution in [0.2, 0.25) is 0 Å². The zero-order valence-electron chi connectivity index (χ0n) is 11.0. The first-order valence-corrected chi connectivity index (χ1v) is 6.87. The number of aliphatic hydroxyl groups is 1. The molecule has 4 nitrogen and oxygen atoms in total. The summed E-state index contributed by atoms with van der Waals surface area (Å²) in [6.07, 6.45) is 0. The minimum absolute atomic E-state index is 0.0853. The second-order valence-corrected chi connectivity index (χ2v) is 4.94. The molecule has 0 radical (unpaired) electrons. The number of hydrogen-bond acceptors (Lipinski definition) is 4. The van der Waals surface area contributed by atoms with Crippen LogP contribution in [0.25, 0.3) is 0 Å². The van der Waals surface area contributed by atoms with Crippen molar-refractivity contribution in [1.29, 1.82) is 5.26 Å². The smallest absolute Gasteiger partial charge is 0.254 e. The molecule has 1 heterocycles. The van der Waals surface area contributed by atoms with Crippen LogP contribution in [-0.2, 0) is 0 Å². The monoisotopic (exact) mass is 276 g/mol. The fraction of sp³-hybridized carbons (Fsp3) is 0.429. The van der Waals surface area contributed by atoms with Gasteiger partial charge >= 0.3 is 0 Å². The Morgan fingerprint density at radius 1 is 1.63 bits per heavy atom. The van der Waals surface area contributed by atoms with Gasteiger partial charge < -0.3 is 10.0 Å². The van der Waals surface area contributed by atoms with E-state index in [0.29, 0.717) is 18.7 Å². The fourth-order valence-corrected chi connectivity index (χ4v) is 2.30. The van der Waals surface area contributed by atoms with Gasteiger partial charge in [-0.3, -0.25) is 4.79 Å². The van der Waals surface area contributed by atoms with Crippen molar-refractivity contribution < 1.29 is 9.90 Å². The minimum Gasteiger partial charge on any atom is -0.384 e. The summed E-state index contributed by atoms with van der Waals surface area (Å²) in [5.74, 6) is 5.05. The maximum Gasteiger partial charge on any atom is 0.254 e. The molecule has 0 saturated carbocycles. The molecule has 1 unspecified atom stereocenters. The van der Waals surface area contributed by atoms with Gasteiger partial charge in [0.25, 0.3) is 5.91 Å². The lowest BCUT2D eigenvalue weighted by molar-refractivity contribution is 0.0753. The molecule has 1 N–H and O–H groups in total. The first-order valence-electron chi connectivity index (χ1n) is 5.99. The molecule has 0 spiro atoms. The number of hydrogen-bond donors (Lipinski definition) is 1. The molecule has 1 aromatic heterocycles. The van der Waals surface area contributed by atoms with Crippen LogP contribution >= 0.6 is 11.3 Å². The molecular formula is C14H16N2O2S. The zero-order chi connectivity index (χ0) is 14.3. The van der Waals surface area contributed by atoms with Crippen LogP contribution in [-0.4, -0.2) is 35.6 Å². The van der Waals surface area contributed by atoms with E-state index in [1.54, 1.807) is 23.3 Å². The van der Waals surface area contributed by atoms with Gasteiger partial charge in [-0.15, -0.1) is 11.3 Å². The van der Waals surface area contributed by atoms with Crippen LogP contribution in [0.15, 0.2) is 11.4 Å². The molecule has 0 aliphatic rings. The average molecular weight is 276 g/mol. The third-order valence-corrected chi connectivity index (χ3v) is 3.37. The van der Waals surface area contributed by atoms with Gasteiger partial charge in [0.05, 0.1) is 22.4 Å². The van der Waals surface area contributed by atoms with E-state index >= 15 is 0 Å². The maximum absolute atomic E-state index is 12.2. The van der Waals surface area contributed by atoms with E-state index in [-0.39, 0.29) is 18.4 Å². The molecule has 100 valence electrons. The lowest BCUT2D eigenvalue weighted by Crippen LogP contribution is -2.34. The number of carbonyl (C=O) groups excluding carboxylic acids is 1. The van der Waals surface area contributed by atoms with Gasteiger partial charge in [0.1, 0.15) is 6.61 Å². The molecule has 1 amide bonds. The summed E-state index contributed by atoms with van der Waals surface area (Å²) in [6, 6.07) is 3.85. The Labute approximate surface area is 117 Å². The van der Waals surface area contributed by atoms with Gasteiger partial charge in [-0.2, -0.15) is 5.26 Å². The van der Waals surface area contributed by atoms with E-state index < -0.39 is 0 Å². The van der Waals surface area contributed by atoms with E-state index in [2.05, 4.69) is 17.9 Å². The third-order valence-electron chi connectivity index (χ3n) is 2.52. The molecule has 1 atom stereocenters. The minimum atomic E-state index is -0.193. The molecule has 0 aliphatic carbocycles. The van der Waals surface area contributed by atoms with Crippen molar-refractivity contribution in [2.24, 2.45) is 5.92 Å². The highest BCUT2D eigenvalue weighted by molar-refractivity contribution is 7.10. The third kappa shape index (κ3) is 4.40. The van der Waals surface area contributed by atoms with Crippen molar-refractivity contribution in [3.63, 3.8) is 0 Å². The number of rotatable bonds is 4. The lowest BCUT2D eigenvalue weighted by atomic mass is 10.2. The highest BCUT2D eigenvalue weighted by Crippen LogP contribution is 2.16. The van der Waals surface area contributed by atoms with Gasteiger partial charge in [0, 0.05) is 18.5 Å². The highest BCUT2D eigenvalue weighted by Gasteiger charge is 2.17. The highest BCUT2D eigenvalue weighted by atomic mass is 32.1. The van der Waals surface area contributed by atoms with E-state index in [0.717, 1.165) is 4.88 Å². The van der Waals surface area contributed by atoms with E-state index in [9.17, 15) is 4.79 Å². The molecular weight excluding hydrogens is 260 g/mol. The van der Waals surface area contributed by atoms with E-state index in [1.165, 1.54) is 11.3 Å². The normalized spacial score (nSPS) is 11.1. The number of nitrogens with zero attached hydrogens (tertiary/aromatic N) is 2. The van der Waals surface area contributed by atoms with Crippen LogP contribution < -0.4 is 0 Å². The van der Waals surface area contributed by atoms with Crippen molar-refractivity contribution in [3.8, 4) is 17.9 Å². The van der Waals surface area contributed by atoms with Crippen molar-refractivity contribution in [2.45, 2.75) is 13.8 Å². The molecule has 1 aromatic rings. The summed E-state index contributed by atoms with van der Waals surface area (Å²) in [5, 5.41) is 19.2. The second kappa shape index (κ2) is 7.58. The van der Waals surface area contributed by atoms with Gasteiger partial charge in [-0.25, -0.2) is 0 Å². The zero-order valence-corrected chi connectivity index (χ0v) is 11.8. The molecule has 0 aliphatic heterocycles. The summed E-state index contributed by atoms with van der Waals surface area (Å²) < 4.78 is 0. The summed E-state index contributed by atoms with van der Waals surface area (Å²) in [5.41, 5.74) is 0.583. The standard InChI is InChI=1S/C14H16N2O2S/c1-3-16(9-11(2)8-15)14(18)12-7-13(19-10-12)5-4-6-17/h7,10-11,17H,3,6,9H2,1-2H3. The first-order chi connectivity index (χ1) is 9.12. The number of thiophene rings is 1. The Morgan fingerprint density at radius 3 is 2.95 bits per heavy atom. The number of nitriles is 1. The van der Waals surface area contributed by atoms with Gasteiger partial charge in [0.2, 0.25) is 0 Å². The summed E-state index contributed by atoms with van der Waals surface area (Å²) in [6.45, 7) is 4.49. The fourth-order valence-electron chi connectivity index (χ4n) is 1.55. The van der Waals surface area contributed by atoms with Crippen LogP contribution in [0.1, 0.15) is 29.1 Å². The number of amides is 1. The van der Waals surface area contributed by atoms with Crippen LogP contribution in [0.3, 0.4) is 0 Å². The predicted molar refractivity (Wildman–Crippen MR) is 74.6 cm³/mol. The maximum atomic E-state index is 12.2. The Hall–Kier alpha value is -1.82. The molecule has 19 heavy (non-hydrogen) atoms. The van der Waals surface area contributed by atoms with Crippen LogP contribution in [0.5, 0.6) is 0 Å². The molecule has 0 bridgehead atoms. The molecule has 0 saturated heterocycles. The topological polar surface area (TPSA) is 64.3 Å². The molecule has 0 fully saturated rings. The van der Waals surface area contributed by atoms with Crippen molar-refractivity contribution in [1.82, 2.24) is 4.90 Å². The lowest BCUT2D eigenvalue weighted by Gasteiger charge is -2.21. The Morgan fingerprint density at radius 2 is 2.37 bits per heavy atom. The number of carbonyl (C=O) groups is 1. The predicted octanol–water partition coefficient (Wildman–Crippen LogP) is 1.71. The number of aliphatic hydroxyl groups excluding tert-OH is 1. The quantitative estimate of drug-likeness (QED) is 0.852. The second-order valence-electron chi connectivity index (χ2n) is 4.03. The summed E-state index contributed by atoms with van der Waals surface area (Å²) in [4.78, 5) is 14.6. The molecule has 1 rings (SSSR count). The Balaban J connectivity index is 2.80. The van der Waals surface area contributed by atoms with Crippen molar-refractivity contribution >= 4 is 17.2 Å². The summed E-state index contributed by atoms with van der Waals surface area (Å²) in [7, 11) is 0. The van der Waals surface area contributed by atoms with E-state index in [4.69, 9.17) is 10.4 Å². The van der Waals surface area contributed by atoms with Crippen molar-refractivity contribution in [3.05, 3.63) is 21.9 Å².